The molecule has 3 nitrogen and oxygen atoms in total. The number of hydrogen-bond donors (Lipinski definition) is 0. The number of rotatable bonds is 7. The van der Waals surface area contributed by atoms with Crippen molar-refractivity contribution in [1.29, 1.82) is 0 Å². The highest BCUT2D eigenvalue weighted by Gasteiger charge is 2.24. The van der Waals surface area contributed by atoms with E-state index < -0.39 is 15.1 Å². The normalized spacial score (nSPS) is 12.1. The lowest BCUT2D eigenvalue weighted by Crippen LogP contribution is -2.27. The van der Waals surface area contributed by atoms with Crippen molar-refractivity contribution in [3.8, 4) is 11.8 Å². The summed E-state index contributed by atoms with van der Waals surface area (Å²) >= 11 is 0. The van der Waals surface area contributed by atoms with Crippen molar-refractivity contribution in [2.45, 2.75) is 37.9 Å². The van der Waals surface area contributed by atoms with Gasteiger partial charge in [0.2, 0.25) is 0 Å². The molecule has 1 atom stereocenters. The van der Waals surface area contributed by atoms with Crippen molar-refractivity contribution in [2.75, 3.05) is 6.26 Å². The maximum Gasteiger partial charge on any atom is 0.157 e. The molecule has 4 heteroatoms. The van der Waals surface area contributed by atoms with Gasteiger partial charge in [0, 0.05) is 17.4 Å². The van der Waals surface area contributed by atoms with Gasteiger partial charge in [0.1, 0.15) is 11.0 Å². The van der Waals surface area contributed by atoms with Crippen molar-refractivity contribution < 1.29 is 13.2 Å². The predicted octanol–water partition coefficient (Wildman–Crippen LogP) is 3.80. The van der Waals surface area contributed by atoms with Crippen LogP contribution in [-0.2, 0) is 21.1 Å². The molecule has 0 saturated carbocycles. The Hall–Kier alpha value is -2.38. The van der Waals surface area contributed by atoms with Crippen molar-refractivity contribution in [3.63, 3.8) is 0 Å². The molecule has 2 aromatic carbocycles. The summed E-state index contributed by atoms with van der Waals surface area (Å²) < 4.78 is 23.2. The number of Topliss-reactive ketones (excluding diaryl/α,β-unsaturated/α-hetero) is 1. The molecule has 0 heterocycles. The molecule has 0 aliphatic heterocycles. The monoisotopic (exact) mass is 368 g/mol. The molecule has 26 heavy (non-hydrogen) atoms. The zero-order valence-corrected chi connectivity index (χ0v) is 16.1. The molecule has 0 aromatic heterocycles. The fraction of sp³-hybridized carbons (Fsp3) is 0.318. The molecule has 0 fully saturated rings. The van der Waals surface area contributed by atoms with Gasteiger partial charge in [-0.3, -0.25) is 4.79 Å². The number of aryl methyl sites for hydroxylation is 1. The van der Waals surface area contributed by atoms with Gasteiger partial charge in [0.05, 0.1) is 0 Å². The average molecular weight is 368 g/mol. The first kappa shape index (κ1) is 19.9. The maximum atomic E-state index is 11.6. The molecule has 0 N–H and O–H groups in total. The predicted molar refractivity (Wildman–Crippen MR) is 106 cm³/mol. The molecule has 1 unspecified atom stereocenters. The largest absolute Gasteiger partial charge is 0.299 e. The number of carbonyl (C=O) groups excluding carboxylic acids is 1. The Balaban J connectivity index is 1.84. The molecule has 0 amide bonds. The van der Waals surface area contributed by atoms with Crippen molar-refractivity contribution in [1.82, 2.24) is 0 Å². The van der Waals surface area contributed by atoms with Crippen LogP contribution >= 0.6 is 0 Å². The van der Waals surface area contributed by atoms with Crippen molar-refractivity contribution >= 4 is 15.6 Å². The maximum absolute atomic E-state index is 11.6. The molecule has 2 aromatic rings. The summed E-state index contributed by atoms with van der Waals surface area (Å²) in [6.45, 7) is 1.35. The lowest BCUT2D eigenvalue weighted by atomic mass is 10.0. The van der Waals surface area contributed by atoms with Gasteiger partial charge in [-0.25, -0.2) is 8.42 Å². The van der Waals surface area contributed by atoms with Crippen LogP contribution in [0.2, 0.25) is 0 Å². The van der Waals surface area contributed by atoms with Gasteiger partial charge in [0.15, 0.2) is 9.84 Å². The minimum Gasteiger partial charge on any atom is -0.299 e. The molecule has 0 aliphatic rings. The highest BCUT2D eigenvalue weighted by Crippen LogP contribution is 2.14. The standard InChI is InChI=1S/C22H24O3S/c1-18(23)22(26(2,24)25)11-7-6-10-20-13-16-21(17-14-20)15-12-19-8-4-3-5-9-19/h3-5,8-9,13-14,16-17,22H,6-7,10-11H2,1-2H3. The SMILES string of the molecule is CC(=O)C(CCCCc1ccc(C#Cc2ccccc2)cc1)S(C)(=O)=O. The van der Waals surface area contributed by atoms with E-state index in [1.54, 1.807) is 0 Å². The van der Waals surface area contributed by atoms with Crippen LogP contribution in [0, 0.1) is 11.8 Å². The fourth-order valence-electron chi connectivity index (χ4n) is 2.80. The van der Waals surface area contributed by atoms with Gasteiger partial charge >= 0.3 is 0 Å². The fourth-order valence-corrected chi connectivity index (χ4v) is 4.00. The van der Waals surface area contributed by atoms with Crippen molar-refractivity contribution in [3.05, 3.63) is 71.3 Å². The summed E-state index contributed by atoms with van der Waals surface area (Å²) in [6, 6.07) is 18.0. The minimum atomic E-state index is -3.31. The van der Waals surface area contributed by atoms with Gasteiger partial charge in [0.25, 0.3) is 0 Å². The van der Waals surface area contributed by atoms with E-state index in [2.05, 4.69) is 11.8 Å². The molecule has 0 saturated heterocycles. The Labute approximate surface area is 156 Å². The molecular formula is C22H24O3S. The lowest BCUT2D eigenvalue weighted by molar-refractivity contribution is -0.116. The second-order valence-electron chi connectivity index (χ2n) is 6.49. The van der Waals surface area contributed by atoms with Crippen LogP contribution in [0.3, 0.4) is 0 Å². The van der Waals surface area contributed by atoms with Gasteiger partial charge in [-0.1, -0.05) is 48.6 Å². The molecule has 0 bridgehead atoms. The lowest BCUT2D eigenvalue weighted by Gasteiger charge is -2.11. The van der Waals surface area contributed by atoms with E-state index in [4.69, 9.17) is 0 Å². The van der Waals surface area contributed by atoms with E-state index in [-0.39, 0.29) is 5.78 Å². The Morgan fingerprint density at radius 2 is 1.50 bits per heavy atom. The number of sulfone groups is 1. The van der Waals surface area contributed by atoms with E-state index in [0.29, 0.717) is 12.8 Å². The topological polar surface area (TPSA) is 51.2 Å². The van der Waals surface area contributed by atoms with Crippen LogP contribution in [0.15, 0.2) is 54.6 Å². The Bertz CT molecular complexity index is 886. The zero-order valence-electron chi connectivity index (χ0n) is 15.2. The first-order chi connectivity index (χ1) is 12.4. The third kappa shape index (κ3) is 6.50. The quantitative estimate of drug-likeness (QED) is 0.552. The second kappa shape index (κ2) is 9.35. The summed E-state index contributed by atoms with van der Waals surface area (Å²) in [5, 5.41) is -0.863. The summed E-state index contributed by atoms with van der Waals surface area (Å²) in [4.78, 5) is 11.5. The van der Waals surface area contributed by atoms with Crippen LogP contribution in [0.4, 0.5) is 0 Å². The molecule has 136 valence electrons. The first-order valence-corrected chi connectivity index (χ1v) is 10.7. The van der Waals surface area contributed by atoms with Crippen LogP contribution in [0.1, 0.15) is 42.9 Å². The van der Waals surface area contributed by atoms with Gasteiger partial charge in [-0.15, -0.1) is 0 Å². The number of unbranched alkanes of at least 4 members (excludes halogenated alkanes) is 1. The molecule has 0 aliphatic carbocycles. The first-order valence-electron chi connectivity index (χ1n) is 8.71. The summed E-state index contributed by atoms with van der Waals surface area (Å²) in [5.41, 5.74) is 3.14. The summed E-state index contributed by atoms with van der Waals surface area (Å²) in [6.07, 6.45) is 3.96. The van der Waals surface area contributed by atoms with Crippen LogP contribution in [-0.4, -0.2) is 25.7 Å². The summed E-state index contributed by atoms with van der Waals surface area (Å²) in [5.74, 6) is 6.01. The van der Waals surface area contributed by atoms with Crippen molar-refractivity contribution in [2.24, 2.45) is 0 Å². The Morgan fingerprint density at radius 3 is 2.04 bits per heavy atom. The van der Waals surface area contributed by atoms with E-state index >= 15 is 0 Å². The number of hydrogen-bond acceptors (Lipinski definition) is 3. The molecule has 0 radical (unpaired) electrons. The van der Waals surface area contributed by atoms with E-state index in [1.807, 2.05) is 54.6 Å². The van der Waals surface area contributed by atoms with Gasteiger partial charge in [-0.2, -0.15) is 0 Å². The third-order valence-corrected chi connectivity index (χ3v) is 5.83. The van der Waals surface area contributed by atoms with E-state index in [1.165, 1.54) is 12.5 Å². The van der Waals surface area contributed by atoms with Gasteiger partial charge < -0.3 is 0 Å². The van der Waals surface area contributed by atoms with E-state index in [0.717, 1.165) is 30.2 Å². The minimum absolute atomic E-state index is 0.270. The summed E-state index contributed by atoms with van der Waals surface area (Å²) in [7, 11) is -3.31. The number of ketones is 1. The second-order valence-corrected chi connectivity index (χ2v) is 8.72. The van der Waals surface area contributed by atoms with Crippen LogP contribution in [0.25, 0.3) is 0 Å². The Morgan fingerprint density at radius 1 is 0.923 bits per heavy atom. The highest BCUT2D eigenvalue weighted by atomic mass is 32.2. The number of benzene rings is 2. The van der Waals surface area contributed by atoms with Crippen LogP contribution in [0.5, 0.6) is 0 Å². The third-order valence-electron chi connectivity index (χ3n) is 4.23. The molecule has 2 rings (SSSR count). The average Bonchev–Trinajstić information content (AvgIpc) is 2.60. The smallest absolute Gasteiger partial charge is 0.157 e. The zero-order chi connectivity index (χ0) is 19.0. The van der Waals surface area contributed by atoms with Crippen LogP contribution < -0.4 is 0 Å². The molecular weight excluding hydrogens is 344 g/mol. The Kier molecular flexibility index (Phi) is 7.17. The van der Waals surface area contributed by atoms with Gasteiger partial charge in [-0.05, 0) is 56.0 Å². The number of carbonyl (C=O) groups is 1. The highest BCUT2D eigenvalue weighted by molar-refractivity contribution is 7.92. The van der Waals surface area contributed by atoms with E-state index in [9.17, 15) is 13.2 Å². The molecule has 0 spiro atoms.